The van der Waals surface area contributed by atoms with Crippen LogP contribution in [0.15, 0.2) is 58.4 Å². The van der Waals surface area contributed by atoms with Gasteiger partial charge < -0.3 is 4.74 Å². The zero-order chi connectivity index (χ0) is 17.6. The van der Waals surface area contributed by atoms with E-state index < -0.39 is 0 Å². The summed E-state index contributed by atoms with van der Waals surface area (Å²) in [6.07, 6.45) is 0.951. The van der Waals surface area contributed by atoms with Crippen LogP contribution in [0.2, 0.25) is 0 Å². The van der Waals surface area contributed by atoms with E-state index in [0.29, 0.717) is 17.3 Å². The Balaban J connectivity index is 1.66. The first-order chi connectivity index (χ1) is 12.2. The van der Waals surface area contributed by atoms with Crippen molar-refractivity contribution < 1.29 is 9.53 Å². The molecule has 0 aliphatic heterocycles. The molecule has 6 heteroatoms. The number of amides is 1. The maximum Gasteiger partial charge on any atom is 0.257 e. The Bertz CT molecular complexity index is 845. The maximum atomic E-state index is 12.3. The minimum absolute atomic E-state index is 0.182. The van der Waals surface area contributed by atoms with Gasteiger partial charge in [0.15, 0.2) is 5.13 Å². The summed E-state index contributed by atoms with van der Waals surface area (Å²) in [6.45, 7) is 2.72. The van der Waals surface area contributed by atoms with Gasteiger partial charge in [0.05, 0.1) is 12.3 Å². The Morgan fingerprint density at radius 1 is 1.16 bits per heavy atom. The quantitative estimate of drug-likeness (QED) is 0.567. The van der Waals surface area contributed by atoms with Crippen LogP contribution in [0.1, 0.15) is 23.7 Å². The van der Waals surface area contributed by atoms with Crippen LogP contribution in [0, 0.1) is 0 Å². The number of anilines is 1. The molecule has 1 N–H and O–H groups in total. The number of nitrogens with zero attached hydrogens (tertiary/aromatic N) is 1. The summed E-state index contributed by atoms with van der Waals surface area (Å²) in [5.41, 5.74) is 2.43. The number of halogens is 1. The lowest BCUT2D eigenvalue weighted by molar-refractivity contribution is 0.102. The number of hydrogen-bond donors (Lipinski definition) is 1. The number of rotatable bonds is 6. The molecule has 0 bridgehead atoms. The number of aromatic nitrogens is 1. The highest BCUT2D eigenvalue weighted by molar-refractivity contribution is 9.10. The second kappa shape index (κ2) is 8.27. The summed E-state index contributed by atoms with van der Waals surface area (Å²) in [5, 5.41) is 5.35. The Labute approximate surface area is 159 Å². The Hall–Kier alpha value is -2.18. The molecule has 0 fully saturated rings. The van der Waals surface area contributed by atoms with Gasteiger partial charge in [-0.05, 0) is 42.8 Å². The zero-order valence-corrected chi connectivity index (χ0v) is 16.1. The summed E-state index contributed by atoms with van der Waals surface area (Å²) < 4.78 is 6.54. The summed E-state index contributed by atoms with van der Waals surface area (Å²) in [7, 11) is 0. The highest BCUT2D eigenvalue weighted by atomic mass is 79.9. The molecule has 0 aliphatic rings. The van der Waals surface area contributed by atoms with Crippen LogP contribution in [0.25, 0.3) is 11.3 Å². The van der Waals surface area contributed by atoms with Crippen LogP contribution in [-0.4, -0.2) is 17.5 Å². The number of thiazole rings is 1. The van der Waals surface area contributed by atoms with Gasteiger partial charge in [0.25, 0.3) is 5.91 Å². The van der Waals surface area contributed by atoms with Gasteiger partial charge in [-0.25, -0.2) is 4.98 Å². The molecule has 0 aliphatic carbocycles. The van der Waals surface area contributed by atoms with E-state index in [1.54, 1.807) is 24.3 Å². The van der Waals surface area contributed by atoms with Crippen LogP contribution in [0.5, 0.6) is 5.75 Å². The van der Waals surface area contributed by atoms with E-state index in [2.05, 4.69) is 33.2 Å². The smallest absolute Gasteiger partial charge is 0.257 e. The monoisotopic (exact) mass is 416 g/mol. The van der Waals surface area contributed by atoms with E-state index in [1.165, 1.54) is 11.3 Å². The first-order valence-electron chi connectivity index (χ1n) is 7.91. The summed E-state index contributed by atoms with van der Waals surface area (Å²) >= 11 is 4.82. The van der Waals surface area contributed by atoms with Crippen molar-refractivity contribution in [3.63, 3.8) is 0 Å². The van der Waals surface area contributed by atoms with E-state index in [0.717, 1.165) is 27.9 Å². The molecule has 0 saturated heterocycles. The average molecular weight is 417 g/mol. The van der Waals surface area contributed by atoms with Gasteiger partial charge in [-0.3, -0.25) is 10.1 Å². The van der Waals surface area contributed by atoms with Crippen molar-refractivity contribution in [3.8, 4) is 17.0 Å². The lowest BCUT2D eigenvalue weighted by Gasteiger charge is -2.05. The van der Waals surface area contributed by atoms with Gasteiger partial charge in [-0.15, -0.1) is 11.3 Å². The minimum Gasteiger partial charge on any atom is -0.494 e. The number of benzene rings is 2. The normalized spacial score (nSPS) is 10.5. The predicted octanol–water partition coefficient (Wildman–Crippen LogP) is 5.61. The van der Waals surface area contributed by atoms with Crippen molar-refractivity contribution in [2.75, 3.05) is 11.9 Å². The molecule has 2 aromatic carbocycles. The number of nitrogens with one attached hydrogen (secondary N) is 1. The number of hydrogen-bond acceptors (Lipinski definition) is 4. The molecular formula is C19H17BrN2O2S. The van der Waals surface area contributed by atoms with Crippen LogP contribution in [0.4, 0.5) is 5.13 Å². The van der Waals surface area contributed by atoms with Gasteiger partial charge in [-0.2, -0.15) is 0 Å². The number of carbonyl (C=O) groups excluding carboxylic acids is 1. The molecule has 128 valence electrons. The topological polar surface area (TPSA) is 51.2 Å². The molecule has 0 saturated carbocycles. The average Bonchev–Trinajstić information content (AvgIpc) is 3.09. The van der Waals surface area contributed by atoms with E-state index in [-0.39, 0.29) is 5.91 Å². The van der Waals surface area contributed by atoms with E-state index in [9.17, 15) is 4.79 Å². The Morgan fingerprint density at radius 3 is 2.56 bits per heavy atom. The van der Waals surface area contributed by atoms with E-state index >= 15 is 0 Å². The molecule has 0 radical (unpaired) electrons. The van der Waals surface area contributed by atoms with E-state index in [4.69, 9.17) is 4.74 Å². The Morgan fingerprint density at radius 2 is 1.88 bits per heavy atom. The van der Waals surface area contributed by atoms with Crippen molar-refractivity contribution in [1.82, 2.24) is 4.98 Å². The van der Waals surface area contributed by atoms with Gasteiger partial charge >= 0.3 is 0 Å². The van der Waals surface area contributed by atoms with Gasteiger partial charge in [0, 0.05) is 21.0 Å². The fourth-order valence-corrected chi connectivity index (χ4v) is 3.16. The SMILES string of the molecule is CCCOc1ccc(C(=O)Nc2nc(-c3ccc(Br)cc3)cs2)cc1. The lowest BCUT2D eigenvalue weighted by Crippen LogP contribution is -2.11. The summed E-state index contributed by atoms with van der Waals surface area (Å²) in [5.74, 6) is 0.587. The van der Waals surface area contributed by atoms with Crippen molar-refractivity contribution >= 4 is 38.3 Å². The highest BCUT2D eigenvalue weighted by Crippen LogP contribution is 2.26. The Kier molecular flexibility index (Phi) is 5.83. The molecule has 1 amide bonds. The van der Waals surface area contributed by atoms with Crippen LogP contribution < -0.4 is 10.1 Å². The van der Waals surface area contributed by atoms with Crippen LogP contribution in [-0.2, 0) is 0 Å². The third-order valence-corrected chi connectivity index (χ3v) is 4.74. The minimum atomic E-state index is -0.182. The first kappa shape index (κ1) is 17.6. The molecule has 1 heterocycles. The third-order valence-electron chi connectivity index (χ3n) is 3.45. The second-order valence-electron chi connectivity index (χ2n) is 5.37. The molecule has 4 nitrogen and oxygen atoms in total. The largest absolute Gasteiger partial charge is 0.494 e. The van der Waals surface area contributed by atoms with Gasteiger partial charge in [-0.1, -0.05) is 35.0 Å². The maximum absolute atomic E-state index is 12.3. The summed E-state index contributed by atoms with van der Waals surface area (Å²) in [4.78, 5) is 16.8. The second-order valence-corrected chi connectivity index (χ2v) is 7.15. The molecule has 0 spiro atoms. The fraction of sp³-hybridized carbons (Fsp3) is 0.158. The molecule has 1 aromatic heterocycles. The first-order valence-corrected chi connectivity index (χ1v) is 9.58. The molecular weight excluding hydrogens is 400 g/mol. The van der Waals surface area contributed by atoms with E-state index in [1.807, 2.05) is 29.6 Å². The van der Waals surface area contributed by atoms with Gasteiger partial charge in [0.1, 0.15) is 5.75 Å². The van der Waals surface area contributed by atoms with Crippen molar-refractivity contribution in [1.29, 1.82) is 0 Å². The van der Waals surface area contributed by atoms with Gasteiger partial charge in [0.2, 0.25) is 0 Å². The molecule has 0 atom stereocenters. The number of ether oxygens (including phenoxy) is 1. The molecule has 3 rings (SSSR count). The van der Waals surface area contributed by atoms with Crippen molar-refractivity contribution in [2.45, 2.75) is 13.3 Å². The molecule has 0 unspecified atom stereocenters. The predicted molar refractivity (Wildman–Crippen MR) is 105 cm³/mol. The van der Waals surface area contributed by atoms with Crippen LogP contribution >= 0.6 is 27.3 Å². The lowest BCUT2D eigenvalue weighted by atomic mass is 10.2. The molecule has 25 heavy (non-hydrogen) atoms. The standard InChI is InChI=1S/C19H17BrN2O2S/c1-2-11-24-16-9-5-14(6-10-16)18(23)22-19-21-17(12-25-19)13-3-7-15(20)8-4-13/h3-10,12H,2,11H2,1H3,(H,21,22,23). The third kappa shape index (κ3) is 4.67. The molecule has 3 aromatic rings. The van der Waals surface area contributed by atoms with Crippen molar-refractivity contribution in [3.05, 3.63) is 63.9 Å². The van der Waals surface area contributed by atoms with Crippen molar-refractivity contribution in [2.24, 2.45) is 0 Å². The fourth-order valence-electron chi connectivity index (χ4n) is 2.18. The zero-order valence-electron chi connectivity index (χ0n) is 13.7. The number of carbonyl (C=O) groups is 1. The summed E-state index contributed by atoms with van der Waals surface area (Å²) in [6, 6.07) is 15.0. The van der Waals surface area contributed by atoms with Crippen LogP contribution in [0.3, 0.4) is 0 Å². The highest BCUT2D eigenvalue weighted by Gasteiger charge is 2.10.